The summed E-state index contributed by atoms with van der Waals surface area (Å²) in [5.41, 5.74) is 5.04. The summed E-state index contributed by atoms with van der Waals surface area (Å²) in [6.07, 6.45) is 1.44. The highest BCUT2D eigenvalue weighted by Gasteiger charge is 2.60. The Hall–Kier alpha value is -4.48. The number of Topliss-reactive ketones (excluding diaryl/α,β-unsaturated/α-hetero) is 2. The number of likely N-dealkylation sites (tertiary alicyclic amines) is 1. The lowest BCUT2D eigenvalue weighted by molar-refractivity contribution is -0.148. The number of ether oxygens (including phenoxy) is 1. The van der Waals surface area contributed by atoms with Crippen LogP contribution in [0.25, 0.3) is 16.9 Å². The van der Waals surface area contributed by atoms with Crippen LogP contribution < -0.4 is 5.73 Å². The number of phenols is 1. The molecule has 4 aliphatic rings. The van der Waals surface area contributed by atoms with Gasteiger partial charge in [0.1, 0.15) is 22.8 Å². The summed E-state index contributed by atoms with van der Waals surface area (Å²) in [7, 11) is 1.41. The number of benzene rings is 2. The number of esters is 1. The Bertz CT molecular complexity index is 1650. The Labute approximate surface area is 253 Å². The van der Waals surface area contributed by atoms with Crippen molar-refractivity contribution in [1.82, 2.24) is 4.90 Å². The number of carbonyl (C=O) groups is 4. The second-order valence-corrected chi connectivity index (χ2v) is 12.2. The van der Waals surface area contributed by atoms with Crippen molar-refractivity contribution < 1.29 is 44.3 Å². The monoisotopic (exact) mass is 602 g/mol. The molecular formula is C33H34N2O9. The number of primary amides is 1. The molecular weight excluding hydrogens is 568 g/mol. The molecule has 1 saturated carbocycles. The van der Waals surface area contributed by atoms with Gasteiger partial charge in [0.2, 0.25) is 5.78 Å². The molecule has 1 saturated heterocycles. The highest BCUT2D eigenvalue weighted by atomic mass is 16.5. The number of fused-ring (bicyclic) bond motifs is 3. The van der Waals surface area contributed by atoms with Gasteiger partial charge in [0.15, 0.2) is 11.4 Å². The Kier molecular flexibility index (Phi) is 7.33. The van der Waals surface area contributed by atoms with Crippen LogP contribution in [0.5, 0.6) is 5.75 Å². The number of carbonyl (C=O) groups excluding carboxylic acids is 4. The summed E-state index contributed by atoms with van der Waals surface area (Å²) in [5, 5.41) is 44.3. The topological polar surface area (TPSA) is 188 Å². The lowest BCUT2D eigenvalue weighted by Gasteiger charge is -2.46. The van der Waals surface area contributed by atoms with E-state index in [1.165, 1.54) is 13.2 Å². The quantitative estimate of drug-likeness (QED) is 0.251. The van der Waals surface area contributed by atoms with Crippen LogP contribution in [0.4, 0.5) is 0 Å². The standard InChI is InChI=1S/C33H34N2O9/c1-44-32(42)18-8-10-35(11-9-18)15-16-2-4-17(5-3-16)21-6-7-23(36)26-22(21)13-19-12-20-14-24(37)27(31(34)41)30(40)33(20,43)29(39)25(19)28(26)38/h2-7,18-20,36,38,40,43H,8-15H2,1H3,(H2,34,41). The van der Waals surface area contributed by atoms with Crippen molar-refractivity contribution in [1.29, 1.82) is 0 Å². The number of aliphatic hydroxyl groups excluding tert-OH is 2. The third-order valence-corrected chi connectivity index (χ3v) is 9.74. The van der Waals surface area contributed by atoms with Crippen LogP contribution in [0.15, 0.2) is 53.3 Å². The molecule has 3 atom stereocenters. The Morgan fingerprint density at radius 2 is 1.70 bits per heavy atom. The maximum atomic E-state index is 13.7. The average molecular weight is 603 g/mol. The smallest absolute Gasteiger partial charge is 0.308 e. The fraction of sp³-hybridized carbons (Fsp3) is 0.394. The molecule has 230 valence electrons. The molecule has 3 aliphatic carbocycles. The first-order valence-electron chi connectivity index (χ1n) is 14.7. The zero-order valence-electron chi connectivity index (χ0n) is 24.2. The normalized spacial score (nSPS) is 25.8. The highest BCUT2D eigenvalue weighted by Crippen LogP contribution is 2.53. The molecule has 1 amide bonds. The molecule has 44 heavy (non-hydrogen) atoms. The lowest BCUT2D eigenvalue weighted by atomic mass is 9.59. The third kappa shape index (κ3) is 4.58. The third-order valence-electron chi connectivity index (χ3n) is 9.74. The number of nitrogens with zero attached hydrogens (tertiary/aromatic N) is 1. The maximum Gasteiger partial charge on any atom is 0.308 e. The number of aliphatic hydroxyl groups is 3. The first kappa shape index (κ1) is 29.6. The van der Waals surface area contributed by atoms with Gasteiger partial charge in [-0.1, -0.05) is 30.3 Å². The second kappa shape index (κ2) is 10.9. The summed E-state index contributed by atoms with van der Waals surface area (Å²) in [6.45, 7) is 2.31. The molecule has 2 fully saturated rings. The number of amides is 1. The van der Waals surface area contributed by atoms with E-state index < -0.39 is 52.0 Å². The van der Waals surface area contributed by atoms with E-state index >= 15 is 0 Å². The predicted molar refractivity (Wildman–Crippen MR) is 157 cm³/mol. The zero-order chi connectivity index (χ0) is 31.5. The van der Waals surface area contributed by atoms with Gasteiger partial charge in [-0.05, 0) is 73.0 Å². The summed E-state index contributed by atoms with van der Waals surface area (Å²) in [6, 6.07) is 11.1. The van der Waals surface area contributed by atoms with Gasteiger partial charge in [-0.3, -0.25) is 24.1 Å². The van der Waals surface area contributed by atoms with Gasteiger partial charge in [0, 0.05) is 24.5 Å². The van der Waals surface area contributed by atoms with Gasteiger partial charge in [-0.15, -0.1) is 0 Å². The fourth-order valence-electron chi connectivity index (χ4n) is 7.43. The van der Waals surface area contributed by atoms with Gasteiger partial charge < -0.3 is 30.9 Å². The average Bonchev–Trinajstić information content (AvgIpc) is 2.99. The number of methoxy groups -OCH3 is 1. The van der Waals surface area contributed by atoms with Crippen LogP contribution >= 0.6 is 0 Å². The van der Waals surface area contributed by atoms with Gasteiger partial charge in [0.05, 0.1) is 18.6 Å². The minimum atomic E-state index is -2.59. The van der Waals surface area contributed by atoms with Gasteiger partial charge in [-0.2, -0.15) is 0 Å². The van der Waals surface area contributed by atoms with E-state index in [-0.39, 0.29) is 48.0 Å². The number of piperidine rings is 1. The summed E-state index contributed by atoms with van der Waals surface area (Å²) in [5.74, 6) is -6.73. The summed E-state index contributed by atoms with van der Waals surface area (Å²) in [4.78, 5) is 52.3. The first-order valence-corrected chi connectivity index (χ1v) is 14.7. The number of aromatic hydroxyl groups is 1. The summed E-state index contributed by atoms with van der Waals surface area (Å²) < 4.78 is 4.87. The van der Waals surface area contributed by atoms with Crippen molar-refractivity contribution in [2.45, 2.75) is 44.2 Å². The molecule has 11 nitrogen and oxygen atoms in total. The van der Waals surface area contributed by atoms with Gasteiger partial charge in [-0.25, -0.2) is 0 Å². The van der Waals surface area contributed by atoms with E-state index in [4.69, 9.17) is 10.5 Å². The van der Waals surface area contributed by atoms with Crippen LogP contribution in [0, 0.1) is 17.8 Å². The molecule has 6 N–H and O–H groups in total. The van der Waals surface area contributed by atoms with Crippen LogP contribution in [0.2, 0.25) is 0 Å². The molecule has 1 aliphatic heterocycles. The Morgan fingerprint density at radius 3 is 2.34 bits per heavy atom. The van der Waals surface area contributed by atoms with Crippen molar-refractivity contribution in [2.24, 2.45) is 23.5 Å². The van der Waals surface area contributed by atoms with Crippen LogP contribution in [-0.4, -0.2) is 74.6 Å². The molecule has 0 spiro atoms. The van der Waals surface area contributed by atoms with Crippen molar-refractivity contribution in [3.05, 3.63) is 70.0 Å². The van der Waals surface area contributed by atoms with Gasteiger partial charge >= 0.3 is 5.97 Å². The van der Waals surface area contributed by atoms with Crippen molar-refractivity contribution in [3.8, 4) is 16.9 Å². The van der Waals surface area contributed by atoms with Crippen molar-refractivity contribution in [2.75, 3.05) is 20.2 Å². The maximum absolute atomic E-state index is 13.7. The number of nitrogens with two attached hydrogens (primary N) is 1. The molecule has 2 aromatic rings. The number of rotatable bonds is 5. The largest absolute Gasteiger partial charge is 0.508 e. The molecule has 6 rings (SSSR count). The minimum absolute atomic E-state index is 0.0622. The van der Waals surface area contributed by atoms with Crippen molar-refractivity contribution >= 4 is 29.2 Å². The Balaban J connectivity index is 1.30. The molecule has 0 aromatic heterocycles. The van der Waals surface area contributed by atoms with E-state index in [0.29, 0.717) is 5.56 Å². The molecule has 1 heterocycles. The summed E-state index contributed by atoms with van der Waals surface area (Å²) >= 11 is 0. The molecule has 3 unspecified atom stereocenters. The van der Waals surface area contributed by atoms with Crippen molar-refractivity contribution in [3.63, 3.8) is 0 Å². The van der Waals surface area contributed by atoms with Crippen LogP contribution in [0.1, 0.15) is 42.4 Å². The first-order chi connectivity index (χ1) is 20.9. The predicted octanol–water partition coefficient (Wildman–Crippen LogP) is 2.48. The number of hydrogen-bond acceptors (Lipinski definition) is 10. The van der Waals surface area contributed by atoms with Gasteiger partial charge in [0.25, 0.3) is 5.91 Å². The van der Waals surface area contributed by atoms with E-state index in [0.717, 1.165) is 49.2 Å². The molecule has 0 bridgehead atoms. The molecule has 2 aromatic carbocycles. The number of hydrogen-bond donors (Lipinski definition) is 5. The van der Waals surface area contributed by atoms with E-state index in [2.05, 4.69) is 4.90 Å². The van der Waals surface area contributed by atoms with E-state index in [1.807, 2.05) is 24.3 Å². The second-order valence-electron chi connectivity index (χ2n) is 12.2. The molecule has 0 radical (unpaired) electrons. The van der Waals surface area contributed by atoms with Crippen LogP contribution in [0.3, 0.4) is 0 Å². The van der Waals surface area contributed by atoms with E-state index in [9.17, 15) is 39.6 Å². The molecule has 11 heteroatoms. The number of phenolic OH excluding ortho intramolecular Hbond substituents is 1. The zero-order valence-corrected chi connectivity index (χ0v) is 24.2. The lowest BCUT2D eigenvalue weighted by Crippen LogP contribution is -2.58. The van der Waals surface area contributed by atoms with Crippen LogP contribution in [-0.2, 0) is 36.9 Å². The SMILES string of the molecule is COC(=O)C1CCN(Cc2ccc(-c3ccc(O)c4c3CC3CC5CC(=O)C(C(N)=O)=C(O)C5(O)C(=O)C3=C4O)cc2)CC1. The Morgan fingerprint density at radius 1 is 1.02 bits per heavy atom. The van der Waals surface area contributed by atoms with E-state index in [1.54, 1.807) is 6.07 Å². The minimum Gasteiger partial charge on any atom is -0.508 e. The fourth-order valence-corrected chi connectivity index (χ4v) is 7.43. The highest BCUT2D eigenvalue weighted by molar-refractivity contribution is 6.22. The number of ketones is 2.